The van der Waals surface area contributed by atoms with E-state index in [1.165, 1.54) is 7.11 Å². The maximum atomic E-state index is 12.6. The van der Waals surface area contributed by atoms with E-state index in [0.717, 1.165) is 19.4 Å². The van der Waals surface area contributed by atoms with Gasteiger partial charge in [0.1, 0.15) is 0 Å². The molecule has 0 unspecified atom stereocenters. The van der Waals surface area contributed by atoms with Gasteiger partial charge in [-0.2, -0.15) is 0 Å². The van der Waals surface area contributed by atoms with Crippen LogP contribution in [0.25, 0.3) is 0 Å². The Hall–Kier alpha value is -2.57. The number of nitrogens with zero attached hydrogens (tertiary/aromatic N) is 2. The van der Waals surface area contributed by atoms with Crippen molar-refractivity contribution in [2.75, 3.05) is 33.3 Å². The van der Waals surface area contributed by atoms with Gasteiger partial charge in [-0.05, 0) is 31.0 Å². The smallest absolute Gasteiger partial charge is 0.337 e. The number of nitrogens with one attached hydrogen (secondary N) is 1. The number of methoxy groups -OCH3 is 1. The van der Waals surface area contributed by atoms with Crippen LogP contribution in [0.5, 0.6) is 0 Å². The summed E-state index contributed by atoms with van der Waals surface area (Å²) in [5.74, 6) is -0.548. The average Bonchev–Trinajstić information content (AvgIpc) is 3.06. The molecule has 0 radical (unpaired) electrons. The second-order valence-electron chi connectivity index (χ2n) is 6.02. The number of carbonyl (C=O) groups excluding carboxylic acids is 3. The fourth-order valence-electron chi connectivity index (χ4n) is 3.30. The van der Waals surface area contributed by atoms with Crippen molar-refractivity contribution in [3.8, 4) is 0 Å². The van der Waals surface area contributed by atoms with Gasteiger partial charge in [0.25, 0.3) is 5.91 Å². The largest absolute Gasteiger partial charge is 0.465 e. The Bertz CT molecular complexity index is 653. The topological polar surface area (TPSA) is 79.0 Å². The first-order valence-electron chi connectivity index (χ1n) is 8.12. The van der Waals surface area contributed by atoms with Crippen LogP contribution in [0.2, 0.25) is 0 Å². The number of amides is 3. The monoisotopic (exact) mass is 331 g/mol. The van der Waals surface area contributed by atoms with Crippen molar-refractivity contribution in [2.24, 2.45) is 0 Å². The molecule has 2 aliphatic heterocycles. The Labute approximate surface area is 140 Å². The van der Waals surface area contributed by atoms with Gasteiger partial charge in [-0.1, -0.05) is 6.07 Å². The Morgan fingerprint density at radius 1 is 1.17 bits per heavy atom. The maximum absolute atomic E-state index is 12.6. The van der Waals surface area contributed by atoms with Gasteiger partial charge >= 0.3 is 12.0 Å². The van der Waals surface area contributed by atoms with E-state index in [0.29, 0.717) is 30.8 Å². The average molecular weight is 331 g/mol. The van der Waals surface area contributed by atoms with E-state index in [4.69, 9.17) is 4.74 Å². The lowest BCUT2D eigenvalue weighted by Crippen LogP contribution is -2.47. The predicted molar refractivity (Wildman–Crippen MR) is 86.8 cm³/mol. The van der Waals surface area contributed by atoms with Gasteiger partial charge in [0.05, 0.1) is 12.7 Å². The molecular weight excluding hydrogens is 310 g/mol. The van der Waals surface area contributed by atoms with Crippen molar-refractivity contribution in [1.29, 1.82) is 0 Å². The molecule has 0 saturated carbocycles. The molecule has 2 heterocycles. The first-order valence-corrected chi connectivity index (χ1v) is 8.12. The van der Waals surface area contributed by atoms with E-state index in [1.807, 2.05) is 4.90 Å². The zero-order chi connectivity index (χ0) is 17.1. The van der Waals surface area contributed by atoms with Gasteiger partial charge in [-0.3, -0.25) is 4.79 Å². The number of hydrogen-bond acceptors (Lipinski definition) is 4. The standard InChI is InChI=1S/C17H21N3O4/c1-24-16(22)13-4-2-3-12(11-13)15(21)19-8-5-14(6-9-19)20-10-7-18-17(20)23/h2-4,11,14H,5-10H2,1H3,(H,18,23). The molecule has 0 bridgehead atoms. The molecule has 7 nitrogen and oxygen atoms in total. The highest BCUT2D eigenvalue weighted by Crippen LogP contribution is 2.20. The molecule has 0 aliphatic carbocycles. The molecule has 1 aromatic carbocycles. The third kappa shape index (κ3) is 3.20. The van der Waals surface area contributed by atoms with Crippen LogP contribution in [-0.4, -0.2) is 67.0 Å². The number of rotatable bonds is 3. The van der Waals surface area contributed by atoms with E-state index in [2.05, 4.69) is 5.32 Å². The van der Waals surface area contributed by atoms with Crippen molar-refractivity contribution >= 4 is 17.9 Å². The predicted octanol–water partition coefficient (Wildman–Crippen LogP) is 1.10. The minimum Gasteiger partial charge on any atom is -0.465 e. The summed E-state index contributed by atoms with van der Waals surface area (Å²) in [5, 5.41) is 2.81. The summed E-state index contributed by atoms with van der Waals surface area (Å²) >= 11 is 0. The van der Waals surface area contributed by atoms with Gasteiger partial charge in [0.2, 0.25) is 0 Å². The zero-order valence-electron chi connectivity index (χ0n) is 13.7. The Balaban J connectivity index is 1.63. The molecule has 24 heavy (non-hydrogen) atoms. The van der Waals surface area contributed by atoms with Crippen LogP contribution < -0.4 is 5.32 Å². The maximum Gasteiger partial charge on any atom is 0.337 e. The van der Waals surface area contributed by atoms with Crippen LogP contribution in [0, 0.1) is 0 Å². The van der Waals surface area contributed by atoms with Crippen LogP contribution in [0.15, 0.2) is 24.3 Å². The van der Waals surface area contributed by atoms with Crippen LogP contribution in [-0.2, 0) is 4.74 Å². The van der Waals surface area contributed by atoms with Gasteiger partial charge < -0.3 is 19.9 Å². The molecule has 0 aromatic heterocycles. The molecule has 1 N–H and O–H groups in total. The molecule has 2 saturated heterocycles. The fourth-order valence-corrected chi connectivity index (χ4v) is 3.30. The Morgan fingerprint density at radius 3 is 2.50 bits per heavy atom. The van der Waals surface area contributed by atoms with Crippen LogP contribution >= 0.6 is 0 Å². The second kappa shape index (κ2) is 6.90. The van der Waals surface area contributed by atoms with Crippen molar-refractivity contribution in [3.63, 3.8) is 0 Å². The zero-order valence-corrected chi connectivity index (χ0v) is 13.7. The summed E-state index contributed by atoms with van der Waals surface area (Å²) in [6.45, 7) is 2.64. The number of piperidine rings is 1. The fraction of sp³-hybridized carbons (Fsp3) is 0.471. The van der Waals surface area contributed by atoms with Gasteiger partial charge in [0.15, 0.2) is 0 Å². The minimum absolute atomic E-state index is 0.00874. The summed E-state index contributed by atoms with van der Waals surface area (Å²) in [5.41, 5.74) is 0.849. The molecule has 7 heteroatoms. The number of hydrogen-bond donors (Lipinski definition) is 1. The highest BCUT2D eigenvalue weighted by Gasteiger charge is 2.32. The molecule has 2 aliphatic rings. The Morgan fingerprint density at radius 2 is 1.88 bits per heavy atom. The molecule has 0 spiro atoms. The van der Waals surface area contributed by atoms with Crippen molar-refractivity contribution < 1.29 is 19.1 Å². The SMILES string of the molecule is COC(=O)c1cccc(C(=O)N2CCC(N3CCNC3=O)CC2)c1. The molecule has 0 atom stereocenters. The van der Waals surface area contributed by atoms with E-state index in [-0.39, 0.29) is 18.0 Å². The van der Waals surface area contributed by atoms with Gasteiger partial charge in [0, 0.05) is 37.8 Å². The first kappa shape index (κ1) is 16.3. The summed E-state index contributed by atoms with van der Waals surface area (Å²) in [6, 6.07) is 6.76. The molecule has 128 valence electrons. The van der Waals surface area contributed by atoms with Crippen LogP contribution in [0.4, 0.5) is 4.79 Å². The van der Waals surface area contributed by atoms with Gasteiger partial charge in [-0.15, -0.1) is 0 Å². The van der Waals surface area contributed by atoms with E-state index in [9.17, 15) is 14.4 Å². The Kier molecular flexibility index (Phi) is 4.69. The number of ether oxygens (including phenoxy) is 1. The number of urea groups is 1. The van der Waals surface area contributed by atoms with E-state index >= 15 is 0 Å². The van der Waals surface area contributed by atoms with E-state index in [1.54, 1.807) is 29.2 Å². The van der Waals surface area contributed by atoms with Crippen molar-refractivity contribution in [1.82, 2.24) is 15.1 Å². The van der Waals surface area contributed by atoms with Crippen molar-refractivity contribution in [3.05, 3.63) is 35.4 Å². The first-order chi connectivity index (χ1) is 11.6. The summed E-state index contributed by atoms with van der Waals surface area (Å²) in [7, 11) is 1.32. The number of benzene rings is 1. The highest BCUT2D eigenvalue weighted by molar-refractivity contribution is 5.98. The lowest BCUT2D eigenvalue weighted by molar-refractivity contribution is 0.0600. The number of carbonyl (C=O) groups is 3. The molecule has 2 fully saturated rings. The van der Waals surface area contributed by atoms with E-state index < -0.39 is 5.97 Å². The second-order valence-corrected chi connectivity index (χ2v) is 6.02. The third-order valence-electron chi connectivity index (χ3n) is 4.61. The summed E-state index contributed by atoms with van der Waals surface area (Å²) < 4.78 is 4.69. The lowest BCUT2D eigenvalue weighted by atomic mass is 10.0. The third-order valence-corrected chi connectivity index (χ3v) is 4.61. The number of esters is 1. The van der Waals surface area contributed by atoms with Crippen molar-refractivity contribution in [2.45, 2.75) is 18.9 Å². The lowest BCUT2D eigenvalue weighted by Gasteiger charge is -2.36. The van der Waals surface area contributed by atoms with Gasteiger partial charge in [-0.25, -0.2) is 9.59 Å². The summed E-state index contributed by atoms with van der Waals surface area (Å²) in [6.07, 6.45) is 1.55. The molecule has 3 amide bonds. The highest BCUT2D eigenvalue weighted by atomic mass is 16.5. The summed E-state index contributed by atoms with van der Waals surface area (Å²) in [4.78, 5) is 39.6. The molecular formula is C17H21N3O4. The molecule has 3 rings (SSSR count). The van der Waals surface area contributed by atoms with Crippen LogP contribution in [0.3, 0.4) is 0 Å². The number of likely N-dealkylation sites (tertiary alicyclic amines) is 1. The molecule has 1 aromatic rings. The minimum atomic E-state index is -0.455. The van der Waals surface area contributed by atoms with Crippen LogP contribution in [0.1, 0.15) is 33.6 Å². The normalized spacial score (nSPS) is 18.5. The quantitative estimate of drug-likeness (QED) is 0.842.